The third-order valence-corrected chi connectivity index (χ3v) is 5.37. The number of benzene rings is 1. The molecule has 1 aliphatic rings. The number of aromatic nitrogens is 1. The van der Waals surface area contributed by atoms with Crippen molar-refractivity contribution in [2.45, 2.75) is 65.0 Å². The van der Waals surface area contributed by atoms with Gasteiger partial charge in [0.2, 0.25) is 0 Å². The van der Waals surface area contributed by atoms with Gasteiger partial charge in [-0.2, -0.15) is 0 Å². The lowest BCUT2D eigenvalue weighted by Gasteiger charge is -2.23. The van der Waals surface area contributed by atoms with E-state index in [1.807, 2.05) is 31.2 Å². The maximum absolute atomic E-state index is 12.7. The Balaban J connectivity index is 1.63. The van der Waals surface area contributed by atoms with Crippen LogP contribution < -0.4 is 10.6 Å². The van der Waals surface area contributed by atoms with Crippen molar-refractivity contribution in [3.05, 3.63) is 41.1 Å². The van der Waals surface area contributed by atoms with Crippen molar-refractivity contribution in [2.24, 2.45) is 0 Å². The number of fused-ring (bicyclic) bond motifs is 1. The number of ether oxygens (including phenoxy) is 1. The molecule has 0 aliphatic heterocycles. The quantitative estimate of drug-likeness (QED) is 0.769. The van der Waals surface area contributed by atoms with E-state index in [1.165, 1.54) is 13.3 Å². The van der Waals surface area contributed by atoms with Crippen LogP contribution in [0.5, 0.6) is 0 Å². The predicted molar refractivity (Wildman–Crippen MR) is 110 cm³/mol. The van der Waals surface area contributed by atoms with Crippen LogP contribution in [0.4, 0.5) is 4.79 Å². The summed E-state index contributed by atoms with van der Waals surface area (Å²) in [5.74, 6) is -1.29. The van der Waals surface area contributed by atoms with Gasteiger partial charge in [-0.25, -0.2) is 9.59 Å². The van der Waals surface area contributed by atoms with E-state index in [1.54, 1.807) is 6.92 Å². The molecular formula is C22H27N3O4. The summed E-state index contributed by atoms with van der Waals surface area (Å²) in [4.78, 5) is 41.5. The van der Waals surface area contributed by atoms with E-state index >= 15 is 0 Å². The maximum atomic E-state index is 12.7. The Labute approximate surface area is 170 Å². The van der Waals surface area contributed by atoms with Gasteiger partial charge < -0.3 is 10.1 Å². The monoisotopic (exact) mass is 397 g/mol. The van der Waals surface area contributed by atoms with Crippen LogP contribution in [0.15, 0.2) is 24.3 Å². The summed E-state index contributed by atoms with van der Waals surface area (Å²) in [5, 5.41) is 5.92. The number of rotatable bonds is 4. The number of carbonyl (C=O) groups is 3. The zero-order valence-electron chi connectivity index (χ0n) is 17.1. The number of amides is 3. The molecule has 29 heavy (non-hydrogen) atoms. The van der Waals surface area contributed by atoms with E-state index in [0.717, 1.165) is 42.1 Å². The first-order valence-corrected chi connectivity index (χ1v) is 10.0. The highest BCUT2D eigenvalue weighted by Crippen LogP contribution is 2.23. The standard InChI is InChI=1S/C22H27N3O4/c1-13-17-11-7-8-12-18(17)23-14(2)19(13)21(27)29-15(3)20(26)25-22(28)24-16-9-5-4-6-10-16/h7-8,11-12,15-16H,4-6,9-10H2,1-3H3,(H2,24,25,26,28)/t15-/m1/s1. The first kappa shape index (κ1) is 20.8. The highest BCUT2D eigenvalue weighted by Gasteiger charge is 2.25. The highest BCUT2D eigenvalue weighted by atomic mass is 16.5. The average molecular weight is 397 g/mol. The second-order valence-electron chi connectivity index (χ2n) is 7.56. The molecule has 2 N–H and O–H groups in total. The molecule has 154 valence electrons. The number of hydrogen-bond acceptors (Lipinski definition) is 5. The smallest absolute Gasteiger partial charge is 0.341 e. The fourth-order valence-corrected chi connectivity index (χ4v) is 3.79. The molecule has 1 atom stereocenters. The van der Waals surface area contributed by atoms with E-state index in [9.17, 15) is 14.4 Å². The predicted octanol–water partition coefficient (Wildman–Crippen LogP) is 3.56. The second kappa shape index (κ2) is 9.03. The molecule has 0 saturated heterocycles. The molecule has 3 rings (SSSR count). The van der Waals surface area contributed by atoms with E-state index in [0.29, 0.717) is 11.3 Å². The Hall–Kier alpha value is -2.96. The van der Waals surface area contributed by atoms with E-state index in [2.05, 4.69) is 15.6 Å². The first-order chi connectivity index (χ1) is 13.9. The number of nitrogens with zero attached hydrogens (tertiary/aromatic N) is 1. The summed E-state index contributed by atoms with van der Waals surface area (Å²) < 4.78 is 5.33. The Morgan fingerprint density at radius 1 is 1.10 bits per heavy atom. The molecule has 0 unspecified atom stereocenters. The minimum absolute atomic E-state index is 0.0865. The van der Waals surface area contributed by atoms with Gasteiger partial charge in [0.25, 0.3) is 5.91 Å². The number of imide groups is 1. The zero-order chi connectivity index (χ0) is 21.0. The second-order valence-corrected chi connectivity index (χ2v) is 7.56. The summed E-state index contributed by atoms with van der Waals surface area (Å²) in [6.45, 7) is 5.01. The van der Waals surface area contributed by atoms with Crippen molar-refractivity contribution in [3.63, 3.8) is 0 Å². The van der Waals surface area contributed by atoms with E-state index in [4.69, 9.17) is 4.74 Å². The van der Waals surface area contributed by atoms with Gasteiger partial charge in [-0.05, 0) is 45.2 Å². The number of para-hydroxylation sites is 1. The van der Waals surface area contributed by atoms with Gasteiger partial charge in [0.1, 0.15) is 0 Å². The largest absolute Gasteiger partial charge is 0.449 e. The van der Waals surface area contributed by atoms with Crippen molar-refractivity contribution in [1.82, 2.24) is 15.6 Å². The summed E-state index contributed by atoms with van der Waals surface area (Å²) >= 11 is 0. The number of esters is 1. The van der Waals surface area contributed by atoms with E-state index in [-0.39, 0.29) is 6.04 Å². The fourth-order valence-electron chi connectivity index (χ4n) is 3.79. The highest BCUT2D eigenvalue weighted by molar-refractivity contribution is 6.01. The molecule has 0 bridgehead atoms. The minimum Gasteiger partial charge on any atom is -0.449 e. The van der Waals surface area contributed by atoms with Crippen LogP contribution in [-0.2, 0) is 9.53 Å². The van der Waals surface area contributed by atoms with Crippen LogP contribution in [0.25, 0.3) is 10.9 Å². The number of aryl methyl sites for hydroxylation is 2. The van der Waals surface area contributed by atoms with Gasteiger partial charge in [-0.3, -0.25) is 15.1 Å². The van der Waals surface area contributed by atoms with Gasteiger partial charge in [-0.1, -0.05) is 37.5 Å². The third-order valence-electron chi connectivity index (χ3n) is 5.37. The lowest BCUT2D eigenvalue weighted by molar-refractivity contribution is -0.127. The van der Waals surface area contributed by atoms with E-state index < -0.39 is 24.0 Å². The minimum atomic E-state index is -1.11. The molecule has 1 heterocycles. The van der Waals surface area contributed by atoms with Crippen LogP contribution in [0.3, 0.4) is 0 Å². The lowest BCUT2D eigenvalue weighted by Crippen LogP contribution is -2.48. The third kappa shape index (κ3) is 4.91. The zero-order valence-corrected chi connectivity index (χ0v) is 17.1. The van der Waals surface area contributed by atoms with Crippen LogP contribution in [0.2, 0.25) is 0 Å². The van der Waals surface area contributed by atoms with Crippen LogP contribution in [-0.4, -0.2) is 35.0 Å². The summed E-state index contributed by atoms with van der Waals surface area (Å²) in [6, 6.07) is 7.07. The summed E-state index contributed by atoms with van der Waals surface area (Å²) in [7, 11) is 0. The molecule has 1 fully saturated rings. The molecule has 1 aromatic carbocycles. The SMILES string of the molecule is Cc1nc2ccccc2c(C)c1C(=O)O[C@H](C)C(=O)NC(=O)NC1CCCCC1. The van der Waals surface area contributed by atoms with Crippen molar-refractivity contribution in [1.29, 1.82) is 0 Å². The Kier molecular flexibility index (Phi) is 6.46. The number of carbonyl (C=O) groups excluding carboxylic acids is 3. The van der Waals surface area contributed by atoms with Gasteiger partial charge in [0.15, 0.2) is 6.10 Å². The van der Waals surface area contributed by atoms with Crippen LogP contribution >= 0.6 is 0 Å². The number of urea groups is 1. The van der Waals surface area contributed by atoms with Crippen molar-refractivity contribution >= 4 is 28.8 Å². The van der Waals surface area contributed by atoms with Crippen molar-refractivity contribution in [2.75, 3.05) is 0 Å². The molecule has 7 heteroatoms. The Morgan fingerprint density at radius 3 is 2.52 bits per heavy atom. The lowest BCUT2D eigenvalue weighted by atomic mass is 9.96. The number of hydrogen-bond donors (Lipinski definition) is 2. The molecule has 1 aromatic heterocycles. The van der Waals surface area contributed by atoms with Gasteiger partial charge in [0, 0.05) is 11.4 Å². The Bertz CT molecular complexity index is 935. The van der Waals surface area contributed by atoms with Crippen molar-refractivity contribution < 1.29 is 19.1 Å². The normalized spacial score (nSPS) is 15.6. The molecule has 0 radical (unpaired) electrons. The van der Waals surface area contributed by atoms with Crippen molar-refractivity contribution in [3.8, 4) is 0 Å². The summed E-state index contributed by atoms with van der Waals surface area (Å²) in [5.41, 5.74) is 2.42. The molecule has 1 saturated carbocycles. The average Bonchev–Trinajstić information content (AvgIpc) is 2.68. The topological polar surface area (TPSA) is 97.4 Å². The number of pyridine rings is 1. The Morgan fingerprint density at radius 2 is 1.79 bits per heavy atom. The van der Waals surface area contributed by atoms with Gasteiger partial charge >= 0.3 is 12.0 Å². The van der Waals surface area contributed by atoms with Crippen LogP contribution in [0.1, 0.15) is 60.6 Å². The maximum Gasteiger partial charge on any atom is 0.341 e. The van der Waals surface area contributed by atoms with Gasteiger partial charge in [0.05, 0.1) is 16.8 Å². The number of nitrogens with one attached hydrogen (secondary N) is 2. The molecule has 0 spiro atoms. The fraction of sp³-hybridized carbons (Fsp3) is 0.455. The summed E-state index contributed by atoms with van der Waals surface area (Å²) in [6.07, 6.45) is 4.05. The van der Waals surface area contributed by atoms with Crippen LogP contribution in [0, 0.1) is 13.8 Å². The molecule has 2 aromatic rings. The first-order valence-electron chi connectivity index (χ1n) is 10.0. The van der Waals surface area contributed by atoms with Gasteiger partial charge in [-0.15, -0.1) is 0 Å². The molecule has 7 nitrogen and oxygen atoms in total. The molecular weight excluding hydrogens is 370 g/mol. The molecule has 3 amide bonds. The molecule has 1 aliphatic carbocycles.